The molecule has 0 aliphatic rings. The van der Waals surface area contributed by atoms with Crippen molar-refractivity contribution in [3.8, 4) is 0 Å². The third-order valence-corrected chi connectivity index (χ3v) is 4.10. The van der Waals surface area contributed by atoms with Gasteiger partial charge in [-0.3, -0.25) is 0 Å². The Balaban J connectivity index is 3.88. The van der Waals surface area contributed by atoms with Crippen LogP contribution in [0.1, 0.15) is 27.7 Å². The summed E-state index contributed by atoms with van der Waals surface area (Å²) in [6.45, 7) is 13.3. The molecule has 0 spiro atoms. The molecular formula is C13H30N2S2. The Kier molecular flexibility index (Phi) is 7.53. The van der Waals surface area contributed by atoms with E-state index in [2.05, 4.69) is 70.5 Å². The van der Waals surface area contributed by atoms with Crippen LogP contribution in [0, 0.1) is 0 Å². The highest BCUT2D eigenvalue weighted by atomic mass is 32.2. The number of likely N-dealkylation sites (N-methyl/N-ethyl adjacent to an activating group) is 2. The Morgan fingerprint density at radius 2 is 1.35 bits per heavy atom. The summed E-state index contributed by atoms with van der Waals surface area (Å²) in [6, 6.07) is 0. The number of nitrogens with zero attached hydrogens (tertiary/aromatic N) is 2. The highest BCUT2D eigenvalue weighted by Gasteiger charge is 2.19. The summed E-state index contributed by atoms with van der Waals surface area (Å²) >= 11 is 6.50. The summed E-state index contributed by atoms with van der Waals surface area (Å²) in [5.74, 6) is 0. The first-order valence-corrected chi connectivity index (χ1v) is 7.87. The van der Waals surface area contributed by atoms with Gasteiger partial charge in [0.05, 0.1) is 0 Å². The monoisotopic (exact) mass is 278 g/mol. The zero-order chi connectivity index (χ0) is 13.7. The molecule has 0 saturated carbocycles. The Labute approximate surface area is 118 Å². The van der Waals surface area contributed by atoms with Crippen LogP contribution in [-0.4, -0.2) is 65.8 Å². The smallest absolute Gasteiger partial charge is 0.0227 e. The molecule has 17 heavy (non-hydrogen) atoms. The second kappa shape index (κ2) is 7.27. The first-order valence-electron chi connectivity index (χ1n) is 6.20. The molecule has 0 radical (unpaired) electrons. The zero-order valence-corrected chi connectivity index (χ0v) is 14.3. The highest BCUT2D eigenvalue weighted by Crippen LogP contribution is 2.21. The molecule has 0 bridgehead atoms. The SMILES string of the molecule is CSC(C)(C)CN(C)CCN(C)CC(C)(C)S. The predicted molar refractivity (Wildman–Crippen MR) is 85.7 cm³/mol. The molecule has 0 heterocycles. The van der Waals surface area contributed by atoms with E-state index in [1.807, 2.05) is 11.8 Å². The number of thiol groups is 1. The number of rotatable bonds is 8. The van der Waals surface area contributed by atoms with Gasteiger partial charge in [0.15, 0.2) is 0 Å². The molecule has 0 aromatic rings. The number of thioether (sulfide) groups is 1. The fraction of sp³-hybridized carbons (Fsp3) is 1.00. The van der Waals surface area contributed by atoms with Gasteiger partial charge in [0.1, 0.15) is 0 Å². The van der Waals surface area contributed by atoms with Crippen molar-refractivity contribution in [2.75, 3.05) is 46.5 Å². The van der Waals surface area contributed by atoms with Gasteiger partial charge in [-0.15, -0.1) is 0 Å². The van der Waals surface area contributed by atoms with Crippen LogP contribution in [0.15, 0.2) is 0 Å². The molecule has 0 amide bonds. The van der Waals surface area contributed by atoms with Gasteiger partial charge < -0.3 is 9.80 Å². The van der Waals surface area contributed by atoms with Gasteiger partial charge in [-0.25, -0.2) is 0 Å². The molecule has 0 aliphatic heterocycles. The summed E-state index contributed by atoms with van der Waals surface area (Å²) in [4.78, 5) is 4.77. The van der Waals surface area contributed by atoms with Crippen molar-refractivity contribution in [2.24, 2.45) is 0 Å². The van der Waals surface area contributed by atoms with Crippen LogP contribution >= 0.6 is 24.4 Å². The predicted octanol–water partition coefficient (Wildman–Crippen LogP) is 2.70. The fourth-order valence-electron chi connectivity index (χ4n) is 1.87. The lowest BCUT2D eigenvalue weighted by atomic mass is 10.2. The maximum Gasteiger partial charge on any atom is 0.0227 e. The molecule has 0 aromatic heterocycles. The Hall–Kier alpha value is 0.620. The molecule has 0 unspecified atom stereocenters. The first-order chi connectivity index (χ1) is 7.56. The molecule has 0 aliphatic carbocycles. The van der Waals surface area contributed by atoms with Crippen molar-refractivity contribution in [2.45, 2.75) is 37.2 Å². The molecule has 104 valence electrons. The van der Waals surface area contributed by atoms with E-state index in [4.69, 9.17) is 0 Å². The van der Waals surface area contributed by atoms with Crippen LogP contribution in [-0.2, 0) is 0 Å². The number of hydrogen-bond donors (Lipinski definition) is 1. The summed E-state index contributed by atoms with van der Waals surface area (Å²) in [5, 5.41) is 0. The minimum Gasteiger partial charge on any atom is -0.304 e. The normalized spacial score (nSPS) is 13.8. The Bertz CT molecular complexity index is 212. The second-order valence-electron chi connectivity index (χ2n) is 6.25. The minimum atomic E-state index is 0.0891. The quantitative estimate of drug-likeness (QED) is 0.683. The lowest BCUT2D eigenvalue weighted by Gasteiger charge is -2.31. The van der Waals surface area contributed by atoms with E-state index in [-0.39, 0.29) is 4.75 Å². The molecule has 0 atom stereocenters. The van der Waals surface area contributed by atoms with Gasteiger partial charge in [-0.1, -0.05) is 0 Å². The summed E-state index contributed by atoms with van der Waals surface area (Å²) in [7, 11) is 4.38. The van der Waals surface area contributed by atoms with Gasteiger partial charge in [-0.2, -0.15) is 24.4 Å². The molecular weight excluding hydrogens is 248 g/mol. The van der Waals surface area contributed by atoms with Crippen LogP contribution in [0.4, 0.5) is 0 Å². The third kappa shape index (κ3) is 10.2. The maximum absolute atomic E-state index is 4.56. The van der Waals surface area contributed by atoms with E-state index in [9.17, 15) is 0 Å². The van der Waals surface area contributed by atoms with Gasteiger partial charge in [0.2, 0.25) is 0 Å². The lowest BCUT2D eigenvalue weighted by Crippen LogP contribution is -2.40. The van der Waals surface area contributed by atoms with Crippen molar-refractivity contribution in [1.29, 1.82) is 0 Å². The molecule has 0 rings (SSSR count). The van der Waals surface area contributed by atoms with Crippen LogP contribution in [0.5, 0.6) is 0 Å². The minimum absolute atomic E-state index is 0.0891. The van der Waals surface area contributed by atoms with Gasteiger partial charge in [-0.05, 0) is 48.0 Å². The van der Waals surface area contributed by atoms with Crippen molar-refractivity contribution < 1.29 is 0 Å². The molecule has 0 aromatic carbocycles. The maximum atomic E-state index is 4.56. The summed E-state index contributed by atoms with van der Waals surface area (Å²) in [6.07, 6.45) is 2.18. The van der Waals surface area contributed by atoms with Crippen LogP contribution in [0.25, 0.3) is 0 Å². The molecule has 0 fully saturated rings. The van der Waals surface area contributed by atoms with Gasteiger partial charge in [0, 0.05) is 35.7 Å². The van der Waals surface area contributed by atoms with E-state index in [1.165, 1.54) is 0 Å². The van der Waals surface area contributed by atoms with Crippen LogP contribution in [0.2, 0.25) is 0 Å². The fourth-order valence-corrected chi connectivity index (χ4v) is 2.47. The summed E-state index contributed by atoms with van der Waals surface area (Å²) < 4.78 is 0.433. The van der Waals surface area contributed by atoms with Crippen molar-refractivity contribution in [3.05, 3.63) is 0 Å². The zero-order valence-electron chi connectivity index (χ0n) is 12.6. The van der Waals surface area contributed by atoms with E-state index >= 15 is 0 Å². The van der Waals surface area contributed by atoms with Crippen molar-refractivity contribution in [3.63, 3.8) is 0 Å². The van der Waals surface area contributed by atoms with Crippen molar-refractivity contribution in [1.82, 2.24) is 9.80 Å². The third-order valence-electron chi connectivity index (χ3n) is 2.72. The summed E-state index contributed by atoms with van der Waals surface area (Å²) in [5.41, 5.74) is 0. The van der Waals surface area contributed by atoms with Gasteiger partial charge in [0.25, 0.3) is 0 Å². The average Bonchev–Trinajstić information content (AvgIpc) is 2.11. The van der Waals surface area contributed by atoms with E-state index in [1.54, 1.807) is 0 Å². The average molecular weight is 279 g/mol. The van der Waals surface area contributed by atoms with Crippen LogP contribution in [0.3, 0.4) is 0 Å². The second-order valence-corrected chi connectivity index (χ2v) is 8.98. The topological polar surface area (TPSA) is 6.48 Å². The first kappa shape index (κ1) is 17.6. The lowest BCUT2D eigenvalue weighted by molar-refractivity contribution is 0.238. The van der Waals surface area contributed by atoms with E-state index in [0.717, 1.165) is 26.2 Å². The standard InChI is InChI=1S/C13H30N2S2/c1-12(2,16)10-14(5)8-9-15(6)11-13(3,4)17-7/h16H,8-11H2,1-7H3. The Morgan fingerprint density at radius 1 is 0.941 bits per heavy atom. The number of hydrogen-bond acceptors (Lipinski definition) is 4. The molecule has 4 heteroatoms. The molecule has 0 N–H and O–H groups in total. The highest BCUT2D eigenvalue weighted by molar-refractivity contribution is 7.99. The van der Waals surface area contributed by atoms with Gasteiger partial charge >= 0.3 is 0 Å². The largest absolute Gasteiger partial charge is 0.304 e. The van der Waals surface area contributed by atoms with Crippen molar-refractivity contribution >= 4 is 24.4 Å². The van der Waals surface area contributed by atoms with E-state index in [0.29, 0.717) is 4.75 Å². The molecule has 0 saturated heterocycles. The van der Waals surface area contributed by atoms with E-state index < -0.39 is 0 Å². The van der Waals surface area contributed by atoms with Crippen LogP contribution < -0.4 is 0 Å². The molecule has 2 nitrogen and oxygen atoms in total. The Morgan fingerprint density at radius 3 is 1.71 bits per heavy atom.